The summed E-state index contributed by atoms with van der Waals surface area (Å²) in [4.78, 5) is 13.3. The average molecular weight is 403 g/mol. The van der Waals surface area contributed by atoms with Gasteiger partial charge in [-0.15, -0.1) is 0 Å². The summed E-state index contributed by atoms with van der Waals surface area (Å²) < 4.78 is 0. The van der Waals surface area contributed by atoms with E-state index < -0.39 is 16.1 Å². The Morgan fingerprint density at radius 2 is 1.59 bits per heavy atom. The van der Waals surface area contributed by atoms with Crippen molar-refractivity contribution in [2.75, 3.05) is 0 Å². The van der Waals surface area contributed by atoms with E-state index in [1.165, 1.54) is 11.6 Å². The molecule has 1 nitrogen and oxygen atoms in total. The lowest BCUT2D eigenvalue weighted by Gasteiger charge is -2.42. The molecule has 0 aliphatic heterocycles. The fourth-order valence-corrected chi connectivity index (χ4v) is 11.9. The summed E-state index contributed by atoms with van der Waals surface area (Å²) in [5, 5.41) is 1.91. The van der Waals surface area contributed by atoms with Gasteiger partial charge in [0.05, 0.1) is 16.1 Å². The Bertz CT molecular complexity index is 640. The van der Waals surface area contributed by atoms with Crippen molar-refractivity contribution in [2.45, 2.75) is 96.2 Å². The highest BCUT2D eigenvalue weighted by atomic mass is 28.3. The predicted molar refractivity (Wildman–Crippen MR) is 125 cm³/mol. The highest BCUT2D eigenvalue weighted by Gasteiger charge is 2.53. The van der Waals surface area contributed by atoms with E-state index in [-0.39, 0.29) is 5.92 Å². The molecule has 1 aromatic rings. The quantitative estimate of drug-likeness (QED) is 0.474. The second-order valence-corrected chi connectivity index (χ2v) is 22.0. The van der Waals surface area contributed by atoms with Crippen LogP contribution in [0.5, 0.6) is 0 Å². The van der Waals surface area contributed by atoms with E-state index in [4.69, 9.17) is 0 Å². The Morgan fingerprint density at radius 3 is 2.07 bits per heavy atom. The van der Waals surface area contributed by atoms with Crippen LogP contribution in [0.2, 0.25) is 42.3 Å². The average Bonchev–Trinajstić information content (AvgIpc) is 3.01. The molecule has 152 valence electrons. The second-order valence-electron chi connectivity index (χ2n) is 11.5. The zero-order valence-corrected chi connectivity index (χ0v) is 21.2. The van der Waals surface area contributed by atoms with E-state index in [0.29, 0.717) is 22.3 Å². The highest BCUT2D eigenvalue weighted by Crippen LogP contribution is 2.58. The third-order valence-corrected chi connectivity index (χ3v) is 18.7. The lowest BCUT2D eigenvalue weighted by Crippen LogP contribution is -2.48. The zero-order chi connectivity index (χ0) is 20.6. The van der Waals surface area contributed by atoms with Crippen LogP contribution in [0, 0.1) is 11.8 Å². The maximum absolute atomic E-state index is 13.3. The Labute approximate surface area is 170 Å². The van der Waals surface area contributed by atoms with Crippen LogP contribution in [-0.2, 0) is 4.79 Å². The fourth-order valence-electron chi connectivity index (χ4n) is 5.03. The Kier molecular flexibility index (Phi) is 6.68. The highest BCUT2D eigenvalue weighted by molar-refractivity contribution is 6.91. The van der Waals surface area contributed by atoms with Gasteiger partial charge >= 0.3 is 0 Å². The van der Waals surface area contributed by atoms with Gasteiger partial charge in [0, 0.05) is 12.3 Å². The maximum Gasteiger partial charge on any atom is 0.136 e. The summed E-state index contributed by atoms with van der Waals surface area (Å²) in [6.45, 7) is 21.8. The van der Waals surface area contributed by atoms with Gasteiger partial charge in [0.1, 0.15) is 5.78 Å². The van der Waals surface area contributed by atoms with Crippen molar-refractivity contribution in [3.05, 3.63) is 30.3 Å². The molecule has 0 bridgehead atoms. The summed E-state index contributed by atoms with van der Waals surface area (Å²) in [5.74, 6) is 1.30. The summed E-state index contributed by atoms with van der Waals surface area (Å²) in [5.41, 5.74) is 1.35. The number of carbonyl (C=O) groups excluding carboxylic acids is 1. The first kappa shape index (κ1) is 22.6. The second kappa shape index (κ2) is 7.98. The third-order valence-electron chi connectivity index (χ3n) is 7.98. The van der Waals surface area contributed by atoms with Crippen molar-refractivity contribution < 1.29 is 4.79 Å². The molecule has 2 rings (SSSR count). The molecular weight excluding hydrogens is 360 g/mol. The SMILES string of the molecule is CC(C)CC(=O)[C@H]1C[C@H]([Si](C)(C)C(C)(C)C)C[C@@H]1[Si](C)(C)c1ccccc1. The summed E-state index contributed by atoms with van der Waals surface area (Å²) >= 11 is 0. The molecular formula is C24H42OSi2. The maximum atomic E-state index is 13.3. The molecule has 0 unspecified atom stereocenters. The molecule has 1 aliphatic carbocycles. The number of Topliss-reactive ketones (excluding diaryl/α,β-unsaturated/α-hetero) is 1. The van der Waals surface area contributed by atoms with Crippen molar-refractivity contribution in [3.63, 3.8) is 0 Å². The van der Waals surface area contributed by atoms with Crippen LogP contribution < -0.4 is 5.19 Å². The first-order chi connectivity index (χ1) is 12.3. The van der Waals surface area contributed by atoms with Crippen LogP contribution in [0.4, 0.5) is 0 Å². The first-order valence-electron chi connectivity index (χ1n) is 10.9. The van der Waals surface area contributed by atoms with Gasteiger partial charge in [-0.2, -0.15) is 0 Å². The third kappa shape index (κ3) is 4.67. The number of hydrogen-bond acceptors (Lipinski definition) is 1. The normalized spacial score (nSPS) is 24.4. The van der Waals surface area contributed by atoms with Crippen LogP contribution in [0.1, 0.15) is 53.9 Å². The standard InChI is InChI=1S/C24H42OSi2/c1-18(2)15-22(25)21-16-20(27(8,9)24(3,4)5)17-23(21)26(6,7)19-13-11-10-12-14-19/h10-14,18,20-21,23H,15-17H2,1-9H3/t20-,21+,23-/m0/s1. The monoisotopic (exact) mass is 402 g/mol. The van der Waals surface area contributed by atoms with Crippen LogP contribution in [-0.4, -0.2) is 21.9 Å². The number of ketones is 1. The number of hydrogen-bond donors (Lipinski definition) is 0. The Morgan fingerprint density at radius 1 is 1.04 bits per heavy atom. The zero-order valence-electron chi connectivity index (χ0n) is 19.2. The van der Waals surface area contributed by atoms with Gasteiger partial charge in [-0.3, -0.25) is 4.79 Å². The minimum absolute atomic E-state index is 0.286. The van der Waals surface area contributed by atoms with Crippen molar-refractivity contribution in [2.24, 2.45) is 11.8 Å². The molecule has 1 saturated carbocycles. The van der Waals surface area contributed by atoms with Crippen molar-refractivity contribution in [1.29, 1.82) is 0 Å². The van der Waals surface area contributed by atoms with Crippen LogP contribution >= 0.6 is 0 Å². The Hall–Kier alpha value is -0.676. The van der Waals surface area contributed by atoms with E-state index in [9.17, 15) is 4.79 Å². The molecule has 3 atom stereocenters. The van der Waals surface area contributed by atoms with Gasteiger partial charge in [-0.25, -0.2) is 0 Å². The minimum atomic E-state index is -1.70. The van der Waals surface area contributed by atoms with Gasteiger partial charge in [0.25, 0.3) is 0 Å². The molecule has 3 heteroatoms. The molecule has 1 aromatic carbocycles. The van der Waals surface area contributed by atoms with Crippen LogP contribution in [0.3, 0.4) is 0 Å². The molecule has 0 N–H and O–H groups in total. The number of rotatable bonds is 6. The topological polar surface area (TPSA) is 17.1 Å². The molecule has 0 amide bonds. The summed E-state index contributed by atoms with van der Waals surface area (Å²) in [7, 11) is -3.15. The molecule has 1 aliphatic rings. The lowest BCUT2D eigenvalue weighted by molar-refractivity contribution is -0.123. The van der Waals surface area contributed by atoms with Crippen molar-refractivity contribution in [3.8, 4) is 0 Å². The molecule has 0 aromatic heterocycles. The lowest BCUT2D eigenvalue weighted by atomic mass is 9.95. The first-order valence-corrected chi connectivity index (χ1v) is 17.0. The fraction of sp³-hybridized carbons (Fsp3) is 0.708. The predicted octanol–water partition coefficient (Wildman–Crippen LogP) is 6.88. The van der Waals surface area contributed by atoms with E-state index in [2.05, 4.69) is 91.1 Å². The molecule has 0 spiro atoms. The molecule has 27 heavy (non-hydrogen) atoms. The number of carbonyl (C=O) groups is 1. The number of benzene rings is 1. The van der Waals surface area contributed by atoms with Gasteiger partial charge in [0.15, 0.2) is 0 Å². The van der Waals surface area contributed by atoms with E-state index in [0.717, 1.165) is 18.4 Å². The smallest absolute Gasteiger partial charge is 0.136 e. The Balaban J connectivity index is 2.41. The van der Waals surface area contributed by atoms with Gasteiger partial charge in [0.2, 0.25) is 0 Å². The van der Waals surface area contributed by atoms with Crippen molar-refractivity contribution >= 4 is 27.1 Å². The van der Waals surface area contributed by atoms with Crippen molar-refractivity contribution in [1.82, 2.24) is 0 Å². The minimum Gasteiger partial charge on any atom is -0.299 e. The van der Waals surface area contributed by atoms with Gasteiger partial charge in [-0.1, -0.05) is 103 Å². The van der Waals surface area contributed by atoms with Crippen LogP contribution in [0.15, 0.2) is 30.3 Å². The van der Waals surface area contributed by atoms with E-state index in [1.807, 2.05) is 0 Å². The molecule has 0 radical (unpaired) electrons. The van der Waals surface area contributed by atoms with E-state index in [1.54, 1.807) is 0 Å². The summed E-state index contributed by atoms with van der Waals surface area (Å²) in [6, 6.07) is 11.1. The van der Waals surface area contributed by atoms with Gasteiger partial charge < -0.3 is 0 Å². The summed E-state index contributed by atoms with van der Waals surface area (Å²) in [6.07, 6.45) is 3.18. The molecule has 0 saturated heterocycles. The van der Waals surface area contributed by atoms with E-state index >= 15 is 0 Å². The van der Waals surface area contributed by atoms with Gasteiger partial charge in [-0.05, 0) is 28.5 Å². The molecule has 0 heterocycles. The largest absolute Gasteiger partial charge is 0.299 e. The molecule has 1 fully saturated rings. The van der Waals surface area contributed by atoms with Crippen LogP contribution in [0.25, 0.3) is 0 Å².